The van der Waals surface area contributed by atoms with Crippen molar-refractivity contribution in [1.29, 1.82) is 0 Å². The van der Waals surface area contributed by atoms with Crippen LogP contribution in [0.1, 0.15) is 49.1 Å². The summed E-state index contributed by atoms with van der Waals surface area (Å²) in [5.74, 6) is 1.24. The van der Waals surface area contributed by atoms with Crippen LogP contribution in [0.4, 0.5) is 26.3 Å². The fourth-order valence-electron chi connectivity index (χ4n) is 4.43. The van der Waals surface area contributed by atoms with Gasteiger partial charge in [0.05, 0.1) is 5.70 Å². The van der Waals surface area contributed by atoms with Gasteiger partial charge in [0.2, 0.25) is 11.9 Å². The van der Waals surface area contributed by atoms with Crippen LogP contribution in [0.2, 0.25) is 0 Å². The molecule has 1 atom stereocenters. The van der Waals surface area contributed by atoms with E-state index in [4.69, 9.17) is 11.6 Å². The van der Waals surface area contributed by atoms with Crippen molar-refractivity contribution in [2.24, 2.45) is 11.6 Å². The molecule has 1 aliphatic heterocycles. The van der Waals surface area contributed by atoms with E-state index >= 15 is 0 Å². The summed E-state index contributed by atoms with van der Waals surface area (Å²) in [6.07, 6.45) is 0.00550. The topological polar surface area (TPSA) is 92.2 Å². The van der Waals surface area contributed by atoms with Crippen LogP contribution in [-0.4, -0.2) is 41.6 Å². The Labute approximate surface area is 237 Å². The van der Waals surface area contributed by atoms with Crippen molar-refractivity contribution in [3.8, 4) is 0 Å². The fourth-order valence-corrected chi connectivity index (χ4v) is 4.43. The molecule has 12 heteroatoms. The number of likely N-dealkylation sites (N-methyl/N-ethyl adjacent to an activating group) is 1. The number of halogens is 6. The van der Waals surface area contributed by atoms with Gasteiger partial charge in [0.15, 0.2) is 0 Å². The number of nitrogens with two attached hydrogens (primary N) is 2. The van der Waals surface area contributed by atoms with Crippen LogP contribution < -0.4 is 22.3 Å². The molecule has 0 spiro atoms. The van der Waals surface area contributed by atoms with E-state index in [1.807, 2.05) is 11.5 Å². The monoisotopic (exact) mass is 584 g/mol. The molecule has 1 aliphatic carbocycles. The highest BCUT2D eigenvalue weighted by molar-refractivity contribution is 5.21. The Kier molecular flexibility index (Phi) is 12.7. The van der Waals surface area contributed by atoms with Crippen LogP contribution in [0.25, 0.3) is 0 Å². The normalized spacial score (nSPS) is 18.9. The number of rotatable bonds is 8. The molecule has 1 saturated carbocycles. The molecule has 41 heavy (non-hydrogen) atoms. The lowest BCUT2D eigenvalue weighted by molar-refractivity contribution is -0.0940. The molecule has 4 rings (SSSR count). The molecule has 1 aromatic heterocycles. The minimum atomic E-state index is -4.55. The summed E-state index contributed by atoms with van der Waals surface area (Å²) in [5, 5.41) is 3.44. The Balaban J connectivity index is 0.000000218. The van der Waals surface area contributed by atoms with Crippen molar-refractivity contribution >= 4 is 0 Å². The van der Waals surface area contributed by atoms with Crippen LogP contribution in [0.3, 0.4) is 0 Å². The van der Waals surface area contributed by atoms with Gasteiger partial charge in [-0.25, -0.2) is 13.8 Å². The number of hydrazine groups is 1. The number of pyridine rings is 1. The lowest BCUT2D eigenvalue weighted by Gasteiger charge is -2.34. The van der Waals surface area contributed by atoms with E-state index in [0.29, 0.717) is 11.6 Å². The van der Waals surface area contributed by atoms with Gasteiger partial charge in [0, 0.05) is 49.3 Å². The van der Waals surface area contributed by atoms with Crippen LogP contribution in [0.5, 0.6) is 0 Å². The van der Waals surface area contributed by atoms with Gasteiger partial charge >= 0.3 is 6.18 Å². The van der Waals surface area contributed by atoms with E-state index in [0.717, 1.165) is 12.2 Å². The average Bonchev–Trinajstić information content (AvgIpc) is 3.35. The number of nitrogens with one attached hydrogen (secondary N) is 2. The number of alkyl halides is 5. The largest absolute Gasteiger partial charge is 0.432 e. The molecule has 0 bridgehead atoms. The summed E-state index contributed by atoms with van der Waals surface area (Å²) in [7, 11) is 2.17. The van der Waals surface area contributed by atoms with Crippen LogP contribution >= 0.6 is 0 Å². The van der Waals surface area contributed by atoms with Crippen molar-refractivity contribution in [1.82, 2.24) is 20.6 Å². The highest BCUT2D eigenvalue weighted by Crippen LogP contribution is 2.48. The maximum absolute atomic E-state index is 13.0. The lowest BCUT2D eigenvalue weighted by Crippen LogP contribution is -2.34. The number of hydrogen-bond donors (Lipinski definition) is 4. The van der Waals surface area contributed by atoms with E-state index in [2.05, 4.69) is 59.7 Å². The van der Waals surface area contributed by atoms with Crippen LogP contribution in [0.15, 0.2) is 85.0 Å². The number of likely N-dealkylation sites (tertiary alicyclic amines) is 1. The summed E-state index contributed by atoms with van der Waals surface area (Å²) >= 11 is 0. The molecular formula is C29H38F6N6. The first-order valence-electron chi connectivity index (χ1n) is 13.1. The van der Waals surface area contributed by atoms with Crippen molar-refractivity contribution in [3.63, 3.8) is 0 Å². The first-order valence-corrected chi connectivity index (χ1v) is 13.1. The molecule has 2 aliphatic rings. The fraction of sp³-hybridized carbons (Fsp3) is 0.414. The second-order valence-electron chi connectivity index (χ2n) is 9.87. The van der Waals surface area contributed by atoms with Gasteiger partial charge < -0.3 is 16.5 Å². The smallest absolute Gasteiger partial charge is 0.393 e. The van der Waals surface area contributed by atoms with E-state index in [-0.39, 0.29) is 30.9 Å². The SMILES string of the molecule is C=C(NCc1ccccc1)C1CCCN1C.C=CC/C(NN)=C(/N)C(F)(F)F.Fc1ncccc1C1CC(F)(F)C1. The Morgan fingerprint density at radius 2 is 1.83 bits per heavy atom. The predicted octanol–water partition coefficient (Wildman–Crippen LogP) is 5.88. The zero-order valence-electron chi connectivity index (χ0n) is 23.0. The molecule has 2 fully saturated rings. The predicted molar refractivity (Wildman–Crippen MR) is 149 cm³/mol. The van der Waals surface area contributed by atoms with Gasteiger partial charge in [-0.2, -0.15) is 17.6 Å². The summed E-state index contributed by atoms with van der Waals surface area (Å²) in [5.41, 5.74) is 7.91. The molecule has 0 radical (unpaired) electrons. The van der Waals surface area contributed by atoms with E-state index in [1.54, 1.807) is 6.07 Å². The van der Waals surface area contributed by atoms with Crippen LogP contribution in [-0.2, 0) is 6.54 Å². The van der Waals surface area contributed by atoms with Gasteiger partial charge in [-0.1, -0.05) is 49.1 Å². The lowest BCUT2D eigenvalue weighted by atomic mass is 9.77. The Bertz CT molecular complexity index is 1140. The van der Waals surface area contributed by atoms with Gasteiger partial charge in [-0.15, -0.1) is 6.58 Å². The minimum Gasteiger partial charge on any atom is -0.393 e. The van der Waals surface area contributed by atoms with Gasteiger partial charge in [-0.05, 0) is 44.0 Å². The summed E-state index contributed by atoms with van der Waals surface area (Å²) in [6.45, 7) is 9.48. The minimum absolute atomic E-state index is 0.0398. The summed E-state index contributed by atoms with van der Waals surface area (Å²) in [4.78, 5) is 5.79. The molecular weight excluding hydrogens is 546 g/mol. The van der Waals surface area contributed by atoms with Crippen molar-refractivity contribution in [2.75, 3.05) is 13.6 Å². The molecule has 1 saturated heterocycles. The van der Waals surface area contributed by atoms with Gasteiger partial charge in [0.1, 0.15) is 5.70 Å². The van der Waals surface area contributed by atoms with Gasteiger partial charge in [-0.3, -0.25) is 10.7 Å². The third kappa shape index (κ3) is 10.8. The zero-order valence-corrected chi connectivity index (χ0v) is 23.0. The molecule has 6 N–H and O–H groups in total. The van der Waals surface area contributed by atoms with Crippen molar-refractivity contribution in [3.05, 3.63) is 102 Å². The number of benzene rings is 1. The van der Waals surface area contributed by atoms with E-state index in [1.165, 1.54) is 43.3 Å². The first kappa shape index (κ1) is 33.7. The van der Waals surface area contributed by atoms with Gasteiger partial charge in [0.25, 0.3) is 0 Å². The Hall–Kier alpha value is -3.51. The average molecular weight is 585 g/mol. The zero-order chi connectivity index (χ0) is 30.6. The molecule has 1 unspecified atom stereocenters. The molecule has 226 valence electrons. The molecule has 0 amide bonds. The first-order chi connectivity index (χ1) is 19.3. The molecule has 2 heterocycles. The number of aromatic nitrogens is 1. The quantitative estimate of drug-likeness (QED) is 0.102. The summed E-state index contributed by atoms with van der Waals surface area (Å²) < 4.78 is 73.6. The second kappa shape index (κ2) is 15.5. The third-order valence-electron chi connectivity index (χ3n) is 6.76. The third-order valence-corrected chi connectivity index (χ3v) is 6.76. The van der Waals surface area contributed by atoms with Crippen molar-refractivity contribution in [2.45, 2.75) is 62.7 Å². The standard InChI is InChI=1S/C14H20N2.C9H8F3N.C6H10F3N3/c1-12(14-9-6-10-16(14)2)15-11-13-7-4-3-5-8-13;10-8-7(2-1-3-13-8)6-4-9(11,12)5-6;1-2-3-4(12-11)5(10)6(7,8)9/h3-5,7-8,14-15H,1,6,9-11H2,2H3;1-3,6H,4-5H2;2,12H,1,3,10-11H2/b;;5-4-. The molecule has 6 nitrogen and oxygen atoms in total. The molecule has 2 aromatic rings. The maximum Gasteiger partial charge on any atom is 0.432 e. The highest BCUT2D eigenvalue weighted by Gasteiger charge is 2.46. The second-order valence-corrected chi connectivity index (χ2v) is 9.87. The highest BCUT2D eigenvalue weighted by atomic mass is 19.4. The van der Waals surface area contributed by atoms with E-state index in [9.17, 15) is 26.3 Å². The Morgan fingerprint density at radius 3 is 2.32 bits per heavy atom. The van der Waals surface area contributed by atoms with Crippen LogP contribution in [0, 0.1) is 5.95 Å². The Morgan fingerprint density at radius 1 is 1.17 bits per heavy atom. The van der Waals surface area contributed by atoms with E-state index < -0.39 is 23.7 Å². The number of nitrogens with zero attached hydrogens (tertiary/aromatic N) is 2. The van der Waals surface area contributed by atoms with Crippen molar-refractivity contribution < 1.29 is 26.3 Å². The number of hydrogen-bond acceptors (Lipinski definition) is 6. The molecule has 1 aromatic carbocycles. The number of allylic oxidation sites excluding steroid dienone is 2. The summed E-state index contributed by atoms with van der Waals surface area (Å²) in [6, 6.07) is 14.1. The maximum atomic E-state index is 13.0.